The monoisotopic (exact) mass is 466 g/mol. The van der Waals surface area contributed by atoms with E-state index < -0.39 is 6.04 Å². The Kier molecular flexibility index (Phi) is 10.0. The predicted molar refractivity (Wildman–Crippen MR) is 126 cm³/mol. The molecule has 0 spiro atoms. The van der Waals surface area contributed by atoms with Crippen LogP contribution in [0.15, 0.2) is 53.4 Å². The van der Waals surface area contributed by atoms with E-state index in [0.29, 0.717) is 28.8 Å². The molecule has 2 amide bonds. The van der Waals surface area contributed by atoms with Crippen molar-refractivity contribution in [3.8, 4) is 0 Å². The van der Waals surface area contributed by atoms with Gasteiger partial charge in [-0.15, -0.1) is 11.8 Å². The highest BCUT2D eigenvalue weighted by Gasteiger charge is 2.26. The summed E-state index contributed by atoms with van der Waals surface area (Å²) in [6, 6.07) is 14.7. The Balaban J connectivity index is 2.10. The summed E-state index contributed by atoms with van der Waals surface area (Å²) in [5, 5.41) is 3.85. The summed E-state index contributed by atoms with van der Waals surface area (Å²) in [5.41, 5.74) is 0.830. The Morgan fingerprint density at radius 3 is 2.40 bits per heavy atom. The van der Waals surface area contributed by atoms with Crippen molar-refractivity contribution in [2.45, 2.75) is 57.1 Å². The maximum Gasteiger partial charge on any atom is 0.242 e. The number of nitrogens with one attached hydrogen (secondary N) is 1. The summed E-state index contributed by atoms with van der Waals surface area (Å²) < 4.78 is 0. The number of benzene rings is 2. The third kappa shape index (κ3) is 7.53. The summed E-state index contributed by atoms with van der Waals surface area (Å²) in [5.74, 6) is 0.408. The van der Waals surface area contributed by atoms with Crippen molar-refractivity contribution in [3.05, 3.63) is 64.1 Å². The summed E-state index contributed by atoms with van der Waals surface area (Å²) in [4.78, 5) is 28.5. The van der Waals surface area contributed by atoms with Crippen LogP contribution < -0.4 is 5.32 Å². The van der Waals surface area contributed by atoms with Crippen LogP contribution in [0.2, 0.25) is 10.0 Å². The van der Waals surface area contributed by atoms with E-state index in [4.69, 9.17) is 23.2 Å². The summed E-state index contributed by atoms with van der Waals surface area (Å²) >= 11 is 13.8. The van der Waals surface area contributed by atoms with E-state index in [1.807, 2.05) is 50.2 Å². The van der Waals surface area contributed by atoms with Gasteiger partial charge in [-0.3, -0.25) is 9.59 Å². The molecule has 30 heavy (non-hydrogen) atoms. The van der Waals surface area contributed by atoms with Gasteiger partial charge in [0.25, 0.3) is 0 Å². The van der Waals surface area contributed by atoms with Crippen LogP contribution in [0.4, 0.5) is 0 Å². The standard InChI is InChI=1S/C23H28Cl2N2O2S/c1-4-16(2)26-23(29)17(3)27(15-18-10-11-20(24)21(25)14-18)22(28)12-13-30-19-8-6-5-7-9-19/h5-11,14,16-17H,4,12-13,15H2,1-3H3,(H,26,29). The van der Waals surface area contributed by atoms with Crippen molar-refractivity contribution in [3.63, 3.8) is 0 Å². The first-order chi connectivity index (χ1) is 14.3. The van der Waals surface area contributed by atoms with Crippen LogP contribution in [-0.2, 0) is 16.1 Å². The highest BCUT2D eigenvalue weighted by molar-refractivity contribution is 7.99. The van der Waals surface area contributed by atoms with E-state index in [1.165, 1.54) is 0 Å². The third-order valence-electron chi connectivity index (χ3n) is 4.83. The molecule has 2 aromatic rings. The lowest BCUT2D eigenvalue weighted by molar-refractivity contribution is -0.140. The van der Waals surface area contributed by atoms with E-state index >= 15 is 0 Å². The van der Waals surface area contributed by atoms with Gasteiger partial charge in [-0.2, -0.15) is 0 Å². The number of halogens is 2. The van der Waals surface area contributed by atoms with Gasteiger partial charge in [-0.1, -0.05) is 54.4 Å². The van der Waals surface area contributed by atoms with Crippen LogP contribution >= 0.6 is 35.0 Å². The first-order valence-corrected chi connectivity index (χ1v) is 11.8. The van der Waals surface area contributed by atoms with E-state index in [1.54, 1.807) is 35.7 Å². The molecular formula is C23H28Cl2N2O2S. The molecule has 0 aliphatic rings. The molecule has 0 radical (unpaired) electrons. The van der Waals surface area contributed by atoms with E-state index in [9.17, 15) is 9.59 Å². The molecule has 0 saturated carbocycles. The Morgan fingerprint density at radius 1 is 1.07 bits per heavy atom. The van der Waals surface area contributed by atoms with Crippen molar-refractivity contribution in [2.75, 3.05) is 5.75 Å². The van der Waals surface area contributed by atoms with Crippen molar-refractivity contribution < 1.29 is 9.59 Å². The number of rotatable bonds is 10. The zero-order chi connectivity index (χ0) is 22.1. The topological polar surface area (TPSA) is 49.4 Å². The second-order valence-corrected chi connectivity index (χ2v) is 9.16. The SMILES string of the molecule is CCC(C)NC(=O)C(C)N(Cc1ccc(Cl)c(Cl)c1)C(=O)CCSc1ccccc1. The lowest BCUT2D eigenvalue weighted by Gasteiger charge is -2.30. The van der Waals surface area contributed by atoms with Crippen LogP contribution in [-0.4, -0.2) is 34.6 Å². The lowest BCUT2D eigenvalue weighted by Crippen LogP contribution is -2.49. The van der Waals surface area contributed by atoms with Crippen molar-refractivity contribution >= 4 is 46.8 Å². The Hall–Kier alpha value is -1.69. The lowest BCUT2D eigenvalue weighted by atomic mass is 10.1. The molecule has 4 nitrogen and oxygen atoms in total. The van der Waals surface area contributed by atoms with Crippen LogP contribution in [0, 0.1) is 0 Å². The smallest absolute Gasteiger partial charge is 0.242 e. The molecule has 1 N–H and O–H groups in total. The number of carbonyl (C=O) groups is 2. The summed E-state index contributed by atoms with van der Waals surface area (Å²) in [6.07, 6.45) is 1.16. The molecule has 2 atom stereocenters. The molecule has 2 unspecified atom stereocenters. The van der Waals surface area contributed by atoms with Gasteiger partial charge in [0.2, 0.25) is 11.8 Å². The quantitative estimate of drug-likeness (QED) is 0.449. The van der Waals surface area contributed by atoms with Crippen molar-refractivity contribution in [1.29, 1.82) is 0 Å². The van der Waals surface area contributed by atoms with Gasteiger partial charge in [-0.05, 0) is 50.1 Å². The molecule has 0 aromatic heterocycles. The minimum atomic E-state index is -0.595. The molecule has 2 rings (SSSR count). The fraction of sp³-hybridized carbons (Fsp3) is 0.391. The zero-order valence-corrected chi connectivity index (χ0v) is 19.9. The van der Waals surface area contributed by atoms with Gasteiger partial charge in [0.1, 0.15) is 6.04 Å². The minimum absolute atomic E-state index is 0.0514. The summed E-state index contributed by atoms with van der Waals surface area (Å²) in [6.45, 7) is 6.01. The second kappa shape index (κ2) is 12.2. The molecule has 0 aliphatic heterocycles. The first-order valence-electron chi connectivity index (χ1n) is 10.0. The molecule has 0 aliphatic carbocycles. The highest BCUT2D eigenvalue weighted by atomic mass is 35.5. The van der Waals surface area contributed by atoms with Crippen LogP contribution in [0.1, 0.15) is 39.2 Å². The fourth-order valence-electron chi connectivity index (χ4n) is 2.80. The first kappa shape index (κ1) is 24.6. The maximum atomic E-state index is 13.1. The third-order valence-corrected chi connectivity index (χ3v) is 6.59. The van der Waals surface area contributed by atoms with E-state index in [2.05, 4.69) is 5.32 Å². The summed E-state index contributed by atoms with van der Waals surface area (Å²) in [7, 11) is 0. The van der Waals surface area contributed by atoms with Crippen LogP contribution in [0.25, 0.3) is 0 Å². The Labute approximate surface area is 193 Å². The minimum Gasteiger partial charge on any atom is -0.352 e. The van der Waals surface area contributed by atoms with Gasteiger partial charge in [-0.25, -0.2) is 0 Å². The normalized spacial score (nSPS) is 12.8. The number of carbonyl (C=O) groups excluding carboxylic acids is 2. The second-order valence-electron chi connectivity index (χ2n) is 7.18. The number of hydrogen-bond acceptors (Lipinski definition) is 3. The van der Waals surface area contributed by atoms with E-state index in [-0.39, 0.29) is 17.9 Å². The highest BCUT2D eigenvalue weighted by Crippen LogP contribution is 2.24. The molecule has 0 bridgehead atoms. The fourth-order valence-corrected chi connectivity index (χ4v) is 3.98. The Morgan fingerprint density at radius 2 is 1.77 bits per heavy atom. The van der Waals surface area contributed by atoms with Crippen LogP contribution in [0.5, 0.6) is 0 Å². The van der Waals surface area contributed by atoms with Gasteiger partial charge in [0, 0.05) is 29.7 Å². The molecule has 0 heterocycles. The Bertz CT molecular complexity index is 848. The van der Waals surface area contributed by atoms with Crippen LogP contribution in [0.3, 0.4) is 0 Å². The largest absolute Gasteiger partial charge is 0.352 e. The van der Waals surface area contributed by atoms with Crippen molar-refractivity contribution in [1.82, 2.24) is 10.2 Å². The predicted octanol–water partition coefficient (Wildman–Crippen LogP) is 5.81. The number of nitrogens with zero attached hydrogens (tertiary/aromatic N) is 1. The molecule has 162 valence electrons. The van der Waals surface area contributed by atoms with Gasteiger partial charge in [0.15, 0.2) is 0 Å². The molecule has 0 saturated heterocycles. The molecule has 7 heteroatoms. The maximum absolute atomic E-state index is 13.1. The molecule has 2 aromatic carbocycles. The zero-order valence-electron chi connectivity index (χ0n) is 17.5. The van der Waals surface area contributed by atoms with Gasteiger partial charge in [0.05, 0.1) is 10.0 Å². The molecular weight excluding hydrogens is 439 g/mol. The number of hydrogen-bond donors (Lipinski definition) is 1. The van der Waals surface area contributed by atoms with Crippen molar-refractivity contribution in [2.24, 2.45) is 0 Å². The average molecular weight is 467 g/mol. The average Bonchev–Trinajstić information content (AvgIpc) is 2.74. The van der Waals surface area contributed by atoms with Gasteiger partial charge >= 0.3 is 0 Å². The molecule has 0 fully saturated rings. The van der Waals surface area contributed by atoms with E-state index in [0.717, 1.165) is 16.9 Å². The number of thioether (sulfide) groups is 1. The van der Waals surface area contributed by atoms with Gasteiger partial charge < -0.3 is 10.2 Å². The number of amides is 2.